The topological polar surface area (TPSA) is 58.6 Å². The highest BCUT2D eigenvalue weighted by molar-refractivity contribution is 9.11. The van der Waals surface area contributed by atoms with Crippen LogP contribution in [0.4, 0.5) is 4.79 Å². The van der Waals surface area contributed by atoms with Gasteiger partial charge in [0.25, 0.3) is 0 Å². The zero-order chi connectivity index (χ0) is 16.3. The van der Waals surface area contributed by atoms with Crippen LogP contribution in [0.25, 0.3) is 0 Å². The van der Waals surface area contributed by atoms with Gasteiger partial charge in [0.2, 0.25) is 0 Å². The van der Waals surface area contributed by atoms with Crippen LogP contribution in [-0.4, -0.2) is 30.1 Å². The van der Waals surface area contributed by atoms with Crippen molar-refractivity contribution >= 4 is 39.3 Å². The highest BCUT2D eigenvalue weighted by Crippen LogP contribution is 2.34. The zero-order valence-corrected chi connectivity index (χ0v) is 14.8. The molecule has 0 saturated carbocycles. The molecule has 22 heavy (non-hydrogen) atoms. The van der Waals surface area contributed by atoms with Crippen molar-refractivity contribution in [1.29, 1.82) is 0 Å². The number of thiophene rings is 1. The van der Waals surface area contributed by atoms with E-state index < -0.39 is 12.0 Å². The minimum absolute atomic E-state index is 0.252. The third-order valence-electron chi connectivity index (χ3n) is 3.32. The Balaban J connectivity index is 2.49. The molecule has 1 aromatic rings. The molecule has 7 heteroatoms. The Morgan fingerprint density at radius 2 is 2.36 bits per heavy atom. The highest BCUT2D eigenvalue weighted by Gasteiger charge is 2.36. The summed E-state index contributed by atoms with van der Waals surface area (Å²) in [6.45, 7) is 7.77. The molecule has 0 fully saturated rings. The first-order chi connectivity index (χ1) is 10.5. The lowest BCUT2D eigenvalue weighted by molar-refractivity contribution is -0.139. The molecule has 5 nitrogen and oxygen atoms in total. The number of ether oxygens (including phenoxy) is 1. The standard InChI is InChI=1S/C15H17BrN2O3S/c1-4-6-18-9(3)12(14(19)21-5-2)13(17-15(18)20)10-7-11(16)22-8-10/h4,7-8,13H,1,5-6H2,2-3H3,(H,17,20). The quantitative estimate of drug-likeness (QED) is 0.623. The van der Waals surface area contributed by atoms with Gasteiger partial charge in [-0.25, -0.2) is 9.59 Å². The second-order valence-corrected chi connectivity index (χ2v) is 6.98. The molecular formula is C15H17BrN2O3S. The van der Waals surface area contributed by atoms with E-state index in [0.717, 1.165) is 9.35 Å². The smallest absolute Gasteiger partial charge is 0.338 e. The Bertz CT molecular complexity index is 638. The van der Waals surface area contributed by atoms with E-state index in [1.807, 2.05) is 11.4 Å². The molecule has 1 unspecified atom stereocenters. The molecule has 0 bridgehead atoms. The number of hydrogen-bond acceptors (Lipinski definition) is 4. The van der Waals surface area contributed by atoms with E-state index in [1.165, 1.54) is 16.2 Å². The van der Waals surface area contributed by atoms with Crippen LogP contribution in [0, 0.1) is 0 Å². The summed E-state index contributed by atoms with van der Waals surface area (Å²) in [6.07, 6.45) is 1.62. The monoisotopic (exact) mass is 384 g/mol. The first kappa shape index (κ1) is 16.8. The van der Waals surface area contributed by atoms with Gasteiger partial charge in [0.05, 0.1) is 22.0 Å². The van der Waals surface area contributed by atoms with Crippen molar-refractivity contribution in [2.24, 2.45) is 0 Å². The van der Waals surface area contributed by atoms with E-state index in [4.69, 9.17) is 4.74 Å². The van der Waals surface area contributed by atoms with E-state index in [9.17, 15) is 9.59 Å². The molecule has 0 aliphatic carbocycles. The van der Waals surface area contributed by atoms with E-state index in [-0.39, 0.29) is 12.6 Å². The fraction of sp³-hybridized carbons (Fsp3) is 0.333. The molecule has 0 aromatic carbocycles. The first-order valence-corrected chi connectivity index (χ1v) is 8.47. The summed E-state index contributed by atoms with van der Waals surface area (Å²) >= 11 is 4.90. The minimum Gasteiger partial charge on any atom is -0.463 e. The number of esters is 1. The van der Waals surface area contributed by atoms with Crippen LogP contribution in [0.2, 0.25) is 0 Å². The van der Waals surface area contributed by atoms with Gasteiger partial charge in [-0.05, 0) is 46.8 Å². The van der Waals surface area contributed by atoms with Crippen LogP contribution in [-0.2, 0) is 9.53 Å². The largest absolute Gasteiger partial charge is 0.463 e. The fourth-order valence-electron chi connectivity index (χ4n) is 2.33. The van der Waals surface area contributed by atoms with Crippen molar-refractivity contribution in [3.05, 3.63) is 44.7 Å². The van der Waals surface area contributed by atoms with Gasteiger partial charge in [0.1, 0.15) is 0 Å². The Hall–Kier alpha value is -1.60. The fourth-order valence-corrected chi connectivity index (χ4v) is 3.53. The number of hydrogen-bond donors (Lipinski definition) is 1. The summed E-state index contributed by atoms with van der Waals surface area (Å²) in [5.41, 5.74) is 1.90. The van der Waals surface area contributed by atoms with Crippen LogP contribution in [0.3, 0.4) is 0 Å². The van der Waals surface area contributed by atoms with Gasteiger partial charge in [-0.1, -0.05) is 6.08 Å². The van der Waals surface area contributed by atoms with Crippen LogP contribution >= 0.6 is 27.3 Å². The molecule has 0 radical (unpaired) electrons. The number of allylic oxidation sites excluding steroid dienone is 1. The van der Waals surface area contributed by atoms with E-state index in [0.29, 0.717) is 17.8 Å². The molecule has 0 saturated heterocycles. The molecule has 0 spiro atoms. The van der Waals surface area contributed by atoms with E-state index in [2.05, 4.69) is 27.8 Å². The summed E-state index contributed by atoms with van der Waals surface area (Å²) in [6, 6.07) is 1.14. The molecule has 118 valence electrons. The number of carbonyl (C=O) groups is 2. The molecule has 1 aliphatic rings. The number of nitrogens with zero attached hydrogens (tertiary/aromatic N) is 1. The molecule has 1 aliphatic heterocycles. The van der Waals surface area contributed by atoms with Gasteiger partial charge in [-0.15, -0.1) is 17.9 Å². The maximum Gasteiger partial charge on any atom is 0.338 e. The summed E-state index contributed by atoms with van der Waals surface area (Å²) in [5, 5.41) is 4.77. The lowest BCUT2D eigenvalue weighted by Gasteiger charge is -2.34. The Labute approximate surface area is 141 Å². The van der Waals surface area contributed by atoms with Gasteiger partial charge >= 0.3 is 12.0 Å². The van der Waals surface area contributed by atoms with Gasteiger partial charge in [0, 0.05) is 12.2 Å². The van der Waals surface area contributed by atoms with Crippen molar-refractivity contribution in [2.75, 3.05) is 13.2 Å². The van der Waals surface area contributed by atoms with E-state index in [1.54, 1.807) is 19.9 Å². The SMILES string of the molecule is C=CCN1C(=O)NC(c2csc(Br)c2)C(C(=O)OCC)=C1C. The van der Waals surface area contributed by atoms with Crippen molar-refractivity contribution in [3.63, 3.8) is 0 Å². The number of rotatable bonds is 5. The lowest BCUT2D eigenvalue weighted by atomic mass is 9.97. The van der Waals surface area contributed by atoms with Gasteiger partial charge in [-0.3, -0.25) is 4.90 Å². The van der Waals surface area contributed by atoms with Crippen molar-refractivity contribution < 1.29 is 14.3 Å². The van der Waals surface area contributed by atoms with Crippen molar-refractivity contribution in [3.8, 4) is 0 Å². The molecule has 2 rings (SSSR count). The van der Waals surface area contributed by atoms with Crippen LogP contribution in [0.5, 0.6) is 0 Å². The second kappa shape index (κ2) is 7.11. The third kappa shape index (κ3) is 3.25. The van der Waals surface area contributed by atoms with Crippen LogP contribution in [0.1, 0.15) is 25.5 Å². The van der Waals surface area contributed by atoms with Crippen LogP contribution < -0.4 is 5.32 Å². The third-order valence-corrected chi connectivity index (χ3v) is 4.85. The minimum atomic E-state index is -0.504. The Morgan fingerprint density at radius 3 is 2.91 bits per heavy atom. The van der Waals surface area contributed by atoms with Crippen molar-refractivity contribution in [2.45, 2.75) is 19.9 Å². The number of nitrogens with one attached hydrogen (secondary N) is 1. The molecule has 1 aromatic heterocycles. The first-order valence-electron chi connectivity index (χ1n) is 6.80. The molecule has 2 heterocycles. The van der Waals surface area contributed by atoms with Gasteiger partial charge in [0.15, 0.2) is 0 Å². The average Bonchev–Trinajstić information content (AvgIpc) is 2.89. The van der Waals surface area contributed by atoms with Gasteiger partial charge in [-0.2, -0.15) is 0 Å². The van der Waals surface area contributed by atoms with Gasteiger partial charge < -0.3 is 10.1 Å². The van der Waals surface area contributed by atoms with E-state index >= 15 is 0 Å². The number of urea groups is 1. The lowest BCUT2D eigenvalue weighted by Crippen LogP contribution is -2.47. The molecule has 1 N–H and O–H groups in total. The van der Waals surface area contributed by atoms with Crippen molar-refractivity contribution in [1.82, 2.24) is 10.2 Å². The summed E-state index contributed by atoms with van der Waals surface area (Å²) in [5.74, 6) is -0.415. The Kier molecular flexibility index (Phi) is 5.42. The summed E-state index contributed by atoms with van der Waals surface area (Å²) in [4.78, 5) is 26.1. The molecular weight excluding hydrogens is 368 g/mol. The second-order valence-electron chi connectivity index (χ2n) is 4.69. The maximum atomic E-state index is 12.4. The summed E-state index contributed by atoms with van der Waals surface area (Å²) < 4.78 is 6.10. The average molecular weight is 385 g/mol. The Morgan fingerprint density at radius 1 is 1.64 bits per heavy atom. The number of halogens is 1. The molecule has 2 amide bonds. The number of carbonyl (C=O) groups excluding carboxylic acids is 2. The number of amides is 2. The predicted molar refractivity (Wildman–Crippen MR) is 89.5 cm³/mol. The summed E-state index contributed by atoms with van der Waals surface area (Å²) in [7, 11) is 0. The highest BCUT2D eigenvalue weighted by atomic mass is 79.9. The zero-order valence-electron chi connectivity index (χ0n) is 12.4. The van der Waals surface area contributed by atoms with Crippen LogP contribution in [0.15, 0.2) is 39.2 Å². The maximum absolute atomic E-state index is 12.4. The normalized spacial score (nSPS) is 18.2. The predicted octanol–water partition coefficient (Wildman–Crippen LogP) is 3.60. The molecule has 1 atom stereocenters.